The molecule has 1 aromatic carbocycles. The van der Waals surface area contributed by atoms with Crippen molar-refractivity contribution in [2.75, 3.05) is 6.61 Å². The van der Waals surface area contributed by atoms with Crippen LogP contribution >= 0.6 is 0 Å². The Morgan fingerprint density at radius 1 is 1.08 bits per heavy atom. The van der Waals surface area contributed by atoms with Gasteiger partial charge in [0.25, 0.3) is 0 Å². The SMILES string of the molecule is CCCCCCOc1ccc(C(N)=O)cc1C12CC3CC(CC(C3)C1)C2. The van der Waals surface area contributed by atoms with E-state index in [0.717, 1.165) is 36.5 Å². The van der Waals surface area contributed by atoms with E-state index in [-0.39, 0.29) is 11.3 Å². The van der Waals surface area contributed by atoms with Crippen molar-refractivity contribution in [2.24, 2.45) is 23.5 Å². The quantitative estimate of drug-likeness (QED) is 0.651. The molecule has 1 amide bonds. The van der Waals surface area contributed by atoms with Crippen molar-refractivity contribution in [3.63, 3.8) is 0 Å². The molecule has 3 nitrogen and oxygen atoms in total. The first-order valence-electron chi connectivity index (χ1n) is 10.7. The molecule has 2 N–H and O–H groups in total. The van der Waals surface area contributed by atoms with Gasteiger partial charge in [-0.25, -0.2) is 0 Å². The zero-order valence-electron chi connectivity index (χ0n) is 16.1. The minimum Gasteiger partial charge on any atom is -0.493 e. The maximum Gasteiger partial charge on any atom is 0.248 e. The lowest BCUT2D eigenvalue weighted by molar-refractivity contribution is -0.00641. The molecule has 0 spiro atoms. The molecule has 0 saturated heterocycles. The summed E-state index contributed by atoms with van der Waals surface area (Å²) in [5.74, 6) is 3.29. The molecule has 3 heteroatoms. The topological polar surface area (TPSA) is 52.3 Å². The van der Waals surface area contributed by atoms with Crippen LogP contribution in [-0.4, -0.2) is 12.5 Å². The van der Waals surface area contributed by atoms with Gasteiger partial charge >= 0.3 is 0 Å². The Hall–Kier alpha value is -1.51. The third-order valence-electron chi connectivity index (χ3n) is 7.13. The zero-order valence-corrected chi connectivity index (χ0v) is 16.1. The molecule has 0 heterocycles. The lowest BCUT2D eigenvalue weighted by Crippen LogP contribution is -2.48. The van der Waals surface area contributed by atoms with Gasteiger partial charge in [0.2, 0.25) is 5.91 Å². The number of nitrogens with two attached hydrogens (primary N) is 1. The van der Waals surface area contributed by atoms with E-state index in [2.05, 4.69) is 13.0 Å². The highest BCUT2D eigenvalue weighted by Crippen LogP contribution is 2.61. The second-order valence-corrected chi connectivity index (χ2v) is 9.18. The maximum absolute atomic E-state index is 11.8. The standard InChI is InChI=1S/C23H33NO2/c1-2-3-4-5-8-26-21-7-6-19(22(24)25)12-20(21)23-13-16-9-17(14-23)11-18(10-16)15-23/h6-7,12,16-18H,2-5,8-11,13-15H2,1H3,(H2,24,25). The highest BCUT2D eigenvalue weighted by Gasteiger charge is 2.52. The van der Waals surface area contributed by atoms with Gasteiger partial charge in [0, 0.05) is 11.1 Å². The first-order chi connectivity index (χ1) is 12.6. The number of hydrogen-bond donors (Lipinski definition) is 1. The van der Waals surface area contributed by atoms with E-state index in [1.165, 1.54) is 63.4 Å². The fourth-order valence-electron chi connectivity index (χ4n) is 6.38. The number of hydrogen-bond acceptors (Lipinski definition) is 2. The second kappa shape index (κ2) is 7.25. The fourth-order valence-corrected chi connectivity index (χ4v) is 6.38. The largest absolute Gasteiger partial charge is 0.493 e. The molecule has 4 aliphatic rings. The summed E-state index contributed by atoms with van der Waals surface area (Å²) in [5.41, 5.74) is 7.73. The molecule has 4 fully saturated rings. The molecule has 1 aromatic rings. The van der Waals surface area contributed by atoms with Gasteiger partial charge in [0.05, 0.1) is 6.61 Å². The van der Waals surface area contributed by atoms with Crippen LogP contribution in [0.2, 0.25) is 0 Å². The van der Waals surface area contributed by atoms with Gasteiger partial charge in [0.1, 0.15) is 5.75 Å². The Morgan fingerprint density at radius 2 is 1.73 bits per heavy atom. The third kappa shape index (κ3) is 3.37. The highest BCUT2D eigenvalue weighted by molar-refractivity contribution is 5.93. The van der Waals surface area contributed by atoms with Gasteiger partial charge in [-0.1, -0.05) is 26.2 Å². The van der Waals surface area contributed by atoms with E-state index in [4.69, 9.17) is 10.5 Å². The van der Waals surface area contributed by atoms with Crippen molar-refractivity contribution >= 4 is 5.91 Å². The minimum absolute atomic E-state index is 0.221. The molecule has 5 rings (SSSR count). The number of carbonyl (C=O) groups excluding carboxylic acids is 1. The van der Waals surface area contributed by atoms with Crippen molar-refractivity contribution in [3.8, 4) is 5.75 Å². The normalized spacial score (nSPS) is 32.0. The molecule has 26 heavy (non-hydrogen) atoms. The summed E-state index contributed by atoms with van der Waals surface area (Å²) in [6, 6.07) is 5.92. The Labute approximate surface area is 157 Å². The Balaban J connectivity index is 1.60. The van der Waals surface area contributed by atoms with Crippen LogP contribution in [-0.2, 0) is 5.41 Å². The molecule has 4 bridgehead atoms. The van der Waals surface area contributed by atoms with E-state index in [9.17, 15) is 4.79 Å². The smallest absolute Gasteiger partial charge is 0.248 e. The molecule has 0 radical (unpaired) electrons. The molecule has 0 aromatic heterocycles. The Kier molecular flexibility index (Phi) is 4.98. The molecule has 0 atom stereocenters. The molecule has 4 aliphatic carbocycles. The summed E-state index contributed by atoms with van der Waals surface area (Å²) in [4.78, 5) is 11.8. The van der Waals surface area contributed by atoms with E-state index >= 15 is 0 Å². The van der Waals surface area contributed by atoms with Crippen LogP contribution in [0, 0.1) is 17.8 Å². The molecular weight excluding hydrogens is 322 g/mol. The number of rotatable bonds is 8. The van der Waals surface area contributed by atoms with Crippen LogP contribution in [0.15, 0.2) is 18.2 Å². The molecule has 0 unspecified atom stereocenters. The fraction of sp³-hybridized carbons (Fsp3) is 0.696. The first-order valence-corrected chi connectivity index (χ1v) is 10.7. The Morgan fingerprint density at radius 3 is 2.31 bits per heavy atom. The number of amides is 1. The summed E-state index contributed by atoms with van der Waals surface area (Å²) in [5, 5.41) is 0. The molecular formula is C23H33NO2. The van der Waals surface area contributed by atoms with Crippen molar-refractivity contribution in [1.82, 2.24) is 0 Å². The predicted molar refractivity (Wildman–Crippen MR) is 104 cm³/mol. The van der Waals surface area contributed by atoms with Gasteiger partial charge < -0.3 is 10.5 Å². The highest BCUT2D eigenvalue weighted by atomic mass is 16.5. The van der Waals surface area contributed by atoms with Crippen molar-refractivity contribution in [3.05, 3.63) is 29.3 Å². The summed E-state index contributed by atoms with van der Waals surface area (Å²) >= 11 is 0. The van der Waals surface area contributed by atoms with Crippen LogP contribution in [0.5, 0.6) is 5.75 Å². The van der Waals surface area contributed by atoms with Gasteiger partial charge in [0.15, 0.2) is 0 Å². The van der Waals surface area contributed by atoms with Crippen molar-refractivity contribution in [2.45, 2.75) is 76.5 Å². The van der Waals surface area contributed by atoms with Crippen LogP contribution in [0.1, 0.15) is 87.1 Å². The van der Waals surface area contributed by atoms with Crippen molar-refractivity contribution in [1.29, 1.82) is 0 Å². The van der Waals surface area contributed by atoms with Gasteiger partial charge in [-0.15, -0.1) is 0 Å². The average molecular weight is 356 g/mol. The maximum atomic E-state index is 11.8. The minimum atomic E-state index is -0.328. The van der Waals surface area contributed by atoms with Gasteiger partial charge in [-0.3, -0.25) is 4.79 Å². The number of unbranched alkanes of at least 4 members (excludes halogenated alkanes) is 3. The molecule has 4 saturated carbocycles. The van der Waals surface area contributed by atoms with E-state index in [0.29, 0.717) is 5.56 Å². The van der Waals surface area contributed by atoms with Crippen LogP contribution < -0.4 is 10.5 Å². The molecule has 0 aliphatic heterocycles. The summed E-state index contributed by atoms with van der Waals surface area (Å²) < 4.78 is 6.26. The lowest BCUT2D eigenvalue weighted by atomic mass is 9.48. The average Bonchev–Trinajstić information content (AvgIpc) is 2.60. The van der Waals surface area contributed by atoms with E-state index in [1.54, 1.807) is 0 Å². The third-order valence-corrected chi connectivity index (χ3v) is 7.13. The number of benzene rings is 1. The lowest BCUT2D eigenvalue weighted by Gasteiger charge is -2.57. The zero-order chi connectivity index (χ0) is 18.1. The van der Waals surface area contributed by atoms with Crippen molar-refractivity contribution < 1.29 is 9.53 Å². The van der Waals surface area contributed by atoms with E-state index < -0.39 is 0 Å². The van der Waals surface area contributed by atoms with Crippen LogP contribution in [0.4, 0.5) is 0 Å². The van der Waals surface area contributed by atoms with Crippen LogP contribution in [0.3, 0.4) is 0 Å². The summed E-state index contributed by atoms with van der Waals surface area (Å²) in [7, 11) is 0. The van der Waals surface area contributed by atoms with Gasteiger partial charge in [-0.2, -0.15) is 0 Å². The predicted octanol–water partition coefficient (Wildman–Crippen LogP) is 5.21. The Bertz CT molecular complexity index is 631. The summed E-state index contributed by atoms with van der Waals surface area (Å²) in [6.07, 6.45) is 12.9. The number of primary amides is 1. The van der Waals surface area contributed by atoms with Crippen LogP contribution in [0.25, 0.3) is 0 Å². The second-order valence-electron chi connectivity index (χ2n) is 9.18. The monoisotopic (exact) mass is 355 g/mol. The first kappa shape index (κ1) is 17.9. The number of carbonyl (C=O) groups is 1. The molecule has 142 valence electrons. The van der Waals surface area contributed by atoms with E-state index in [1.807, 2.05) is 12.1 Å². The van der Waals surface area contributed by atoms with Gasteiger partial charge in [-0.05, 0) is 86.3 Å². The summed E-state index contributed by atoms with van der Waals surface area (Å²) in [6.45, 7) is 3.00. The number of ether oxygens (including phenoxy) is 1.